The van der Waals surface area contributed by atoms with Gasteiger partial charge in [-0.2, -0.15) is 5.10 Å². The maximum Gasteiger partial charge on any atom is 0.226 e. The minimum absolute atomic E-state index is 0.00486. The number of carbonyl (C=O) groups is 1. The number of hydrogen-bond donors (Lipinski definition) is 1. The molecular weight excluding hydrogens is 326 g/mol. The molecule has 0 fully saturated rings. The third-order valence-electron chi connectivity index (χ3n) is 4.93. The molecule has 26 heavy (non-hydrogen) atoms. The van der Waals surface area contributed by atoms with Gasteiger partial charge in [0.25, 0.3) is 0 Å². The van der Waals surface area contributed by atoms with Crippen LogP contribution in [-0.2, 0) is 11.2 Å². The van der Waals surface area contributed by atoms with Gasteiger partial charge in [-0.05, 0) is 41.8 Å². The number of fused-ring (bicyclic) bond motifs is 1. The molecule has 0 aliphatic carbocycles. The lowest BCUT2D eigenvalue weighted by atomic mass is 9.87. The molecule has 1 atom stereocenters. The van der Waals surface area contributed by atoms with Crippen LogP contribution in [0.5, 0.6) is 5.75 Å². The van der Waals surface area contributed by atoms with Gasteiger partial charge in [-0.3, -0.25) is 4.79 Å². The Bertz CT molecular complexity index is 927. The van der Waals surface area contributed by atoms with Crippen molar-refractivity contribution in [1.82, 2.24) is 9.78 Å². The molecule has 132 valence electrons. The smallest absolute Gasteiger partial charge is 0.226 e. The van der Waals surface area contributed by atoms with E-state index >= 15 is 0 Å². The van der Waals surface area contributed by atoms with Gasteiger partial charge in [-0.15, -0.1) is 0 Å². The van der Waals surface area contributed by atoms with Gasteiger partial charge in [0, 0.05) is 17.9 Å². The highest BCUT2D eigenvalue weighted by Gasteiger charge is 2.30. The molecule has 1 aliphatic heterocycles. The molecule has 1 amide bonds. The Morgan fingerprint density at radius 1 is 1.15 bits per heavy atom. The Balaban J connectivity index is 1.74. The van der Waals surface area contributed by atoms with E-state index in [9.17, 15) is 4.79 Å². The van der Waals surface area contributed by atoms with Crippen LogP contribution in [0.25, 0.3) is 5.69 Å². The van der Waals surface area contributed by atoms with Crippen molar-refractivity contribution in [3.63, 3.8) is 0 Å². The quantitative estimate of drug-likeness (QED) is 0.778. The summed E-state index contributed by atoms with van der Waals surface area (Å²) in [4.78, 5) is 12.3. The Kier molecular flexibility index (Phi) is 4.21. The van der Waals surface area contributed by atoms with Crippen molar-refractivity contribution in [3.05, 3.63) is 71.4 Å². The lowest BCUT2D eigenvalue weighted by Crippen LogP contribution is -2.24. The maximum atomic E-state index is 12.3. The maximum absolute atomic E-state index is 12.3. The van der Waals surface area contributed by atoms with Crippen LogP contribution in [-0.4, -0.2) is 22.8 Å². The summed E-state index contributed by atoms with van der Waals surface area (Å²) >= 11 is 0. The average Bonchev–Trinajstić information content (AvgIpc) is 3.11. The number of ether oxygens (including phenoxy) is 1. The molecule has 1 aromatic heterocycles. The van der Waals surface area contributed by atoms with Gasteiger partial charge in [-0.1, -0.05) is 31.2 Å². The fourth-order valence-electron chi connectivity index (χ4n) is 3.42. The Hall–Kier alpha value is -3.08. The zero-order valence-corrected chi connectivity index (χ0v) is 14.9. The van der Waals surface area contributed by atoms with E-state index in [2.05, 4.69) is 29.5 Å². The number of hydrogen-bond acceptors (Lipinski definition) is 3. The molecule has 1 unspecified atom stereocenters. The molecule has 0 saturated heterocycles. The first-order valence-electron chi connectivity index (χ1n) is 8.80. The zero-order chi connectivity index (χ0) is 18.1. The molecule has 5 nitrogen and oxygen atoms in total. The topological polar surface area (TPSA) is 56.2 Å². The van der Waals surface area contributed by atoms with Crippen LogP contribution in [0.15, 0.2) is 54.7 Å². The summed E-state index contributed by atoms with van der Waals surface area (Å²) < 4.78 is 7.04. The number of aromatic nitrogens is 2. The molecule has 2 heterocycles. The third-order valence-corrected chi connectivity index (χ3v) is 4.93. The Morgan fingerprint density at radius 3 is 2.54 bits per heavy atom. The van der Waals surface area contributed by atoms with Crippen LogP contribution in [0.1, 0.15) is 36.0 Å². The summed E-state index contributed by atoms with van der Waals surface area (Å²) in [7, 11) is 1.65. The van der Waals surface area contributed by atoms with Crippen molar-refractivity contribution in [2.75, 3.05) is 12.4 Å². The second-order valence-electron chi connectivity index (χ2n) is 6.46. The van der Waals surface area contributed by atoms with Crippen LogP contribution >= 0.6 is 0 Å². The molecular formula is C21H21N3O2. The number of nitrogens with one attached hydrogen (secondary N) is 1. The summed E-state index contributed by atoms with van der Waals surface area (Å²) in [5, 5.41) is 7.54. The number of benzene rings is 2. The number of aryl methyl sites for hydroxylation is 1. The molecule has 2 aromatic carbocycles. The van der Waals surface area contributed by atoms with E-state index in [0.717, 1.165) is 34.8 Å². The molecule has 5 heteroatoms. The lowest BCUT2D eigenvalue weighted by molar-refractivity contribution is -0.116. The fourth-order valence-corrected chi connectivity index (χ4v) is 3.42. The van der Waals surface area contributed by atoms with E-state index in [1.165, 1.54) is 5.56 Å². The summed E-state index contributed by atoms with van der Waals surface area (Å²) in [5.41, 5.74) is 4.34. The molecule has 4 rings (SSSR count). The summed E-state index contributed by atoms with van der Waals surface area (Å²) in [6.07, 6.45) is 3.27. The van der Waals surface area contributed by atoms with Gasteiger partial charge < -0.3 is 10.1 Å². The molecule has 0 spiro atoms. The highest BCUT2D eigenvalue weighted by atomic mass is 16.5. The highest BCUT2D eigenvalue weighted by Crippen LogP contribution is 2.38. The second kappa shape index (κ2) is 6.67. The van der Waals surface area contributed by atoms with E-state index in [4.69, 9.17) is 4.74 Å². The predicted molar refractivity (Wildman–Crippen MR) is 101 cm³/mol. The van der Waals surface area contributed by atoms with E-state index in [1.54, 1.807) is 7.11 Å². The van der Waals surface area contributed by atoms with Crippen molar-refractivity contribution in [2.45, 2.75) is 25.7 Å². The first kappa shape index (κ1) is 16.4. The fraction of sp³-hybridized carbons (Fsp3) is 0.238. The number of methoxy groups -OCH3 is 1. The number of anilines is 1. The Morgan fingerprint density at radius 2 is 1.88 bits per heavy atom. The van der Waals surface area contributed by atoms with Crippen molar-refractivity contribution in [1.29, 1.82) is 0 Å². The highest BCUT2D eigenvalue weighted by molar-refractivity contribution is 5.94. The van der Waals surface area contributed by atoms with Gasteiger partial charge >= 0.3 is 0 Å². The largest absolute Gasteiger partial charge is 0.497 e. The van der Waals surface area contributed by atoms with Crippen LogP contribution in [0.3, 0.4) is 0 Å². The molecule has 1 N–H and O–H groups in total. The minimum Gasteiger partial charge on any atom is -0.497 e. The van der Waals surface area contributed by atoms with Crippen LogP contribution in [0.2, 0.25) is 0 Å². The normalized spacial score (nSPS) is 16.1. The third kappa shape index (κ3) is 2.86. The van der Waals surface area contributed by atoms with E-state index in [-0.39, 0.29) is 11.8 Å². The van der Waals surface area contributed by atoms with Gasteiger partial charge in [-0.25, -0.2) is 4.68 Å². The molecule has 0 saturated carbocycles. The molecule has 1 aliphatic rings. The summed E-state index contributed by atoms with van der Waals surface area (Å²) in [6, 6.07) is 16.1. The average molecular weight is 347 g/mol. The van der Waals surface area contributed by atoms with E-state index in [0.29, 0.717) is 6.42 Å². The summed E-state index contributed by atoms with van der Waals surface area (Å²) in [5.74, 6) is 1.56. The van der Waals surface area contributed by atoms with Crippen molar-refractivity contribution in [3.8, 4) is 11.4 Å². The SMILES string of the molecule is CCc1ccc(-n2ncc3c2NC(=O)CC3c2ccc(OC)cc2)cc1. The Labute approximate surface area is 152 Å². The zero-order valence-electron chi connectivity index (χ0n) is 14.9. The van der Waals surface area contributed by atoms with Crippen LogP contribution in [0.4, 0.5) is 5.82 Å². The van der Waals surface area contributed by atoms with Gasteiger partial charge in [0.2, 0.25) is 5.91 Å². The summed E-state index contributed by atoms with van der Waals surface area (Å²) in [6.45, 7) is 2.13. The van der Waals surface area contributed by atoms with Gasteiger partial charge in [0.1, 0.15) is 11.6 Å². The van der Waals surface area contributed by atoms with Crippen molar-refractivity contribution in [2.24, 2.45) is 0 Å². The number of nitrogens with zero attached hydrogens (tertiary/aromatic N) is 2. The molecule has 0 bridgehead atoms. The monoisotopic (exact) mass is 347 g/mol. The first-order chi connectivity index (χ1) is 12.7. The predicted octanol–water partition coefficient (Wildman–Crippen LogP) is 3.92. The van der Waals surface area contributed by atoms with Crippen LogP contribution in [0, 0.1) is 0 Å². The van der Waals surface area contributed by atoms with Gasteiger partial charge in [0.15, 0.2) is 0 Å². The second-order valence-corrected chi connectivity index (χ2v) is 6.46. The number of rotatable bonds is 4. The lowest BCUT2D eigenvalue weighted by Gasteiger charge is -2.24. The minimum atomic E-state index is -0.00618. The van der Waals surface area contributed by atoms with Crippen LogP contribution < -0.4 is 10.1 Å². The number of carbonyl (C=O) groups excluding carboxylic acids is 1. The van der Waals surface area contributed by atoms with E-state index < -0.39 is 0 Å². The molecule has 0 radical (unpaired) electrons. The van der Waals surface area contributed by atoms with E-state index in [1.807, 2.05) is 47.3 Å². The number of amides is 1. The standard InChI is InChI=1S/C21H21N3O2/c1-3-14-4-8-16(9-5-14)24-21-19(13-22-24)18(12-20(25)23-21)15-6-10-17(26-2)11-7-15/h4-11,13,18H,3,12H2,1-2H3,(H,23,25). The van der Waals surface area contributed by atoms with Gasteiger partial charge in [0.05, 0.1) is 19.0 Å². The van der Waals surface area contributed by atoms with Crippen molar-refractivity contribution >= 4 is 11.7 Å². The first-order valence-corrected chi connectivity index (χ1v) is 8.80. The molecule has 3 aromatic rings. The van der Waals surface area contributed by atoms with Crippen molar-refractivity contribution < 1.29 is 9.53 Å².